The van der Waals surface area contributed by atoms with Crippen LogP contribution in [0.25, 0.3) is 5.57 Å². The smallest absolute Gasteiger partial charge is 0.411 e. The lowest BCUT2D eigenvalue weighted by Gasteiger charge is -2.35. The van der Waals surface area contributed by atoms with Gasteiger partial charge in [-0.1, -0.05) is 6.08 Å². The zero-order valence-electron chi connectivity index (χ0n) is 20.3. The summed E-state index contributed by atoms with van der Waals surface area (Å²) in [4.78, 5) is 23.9. The Hall–Kier alpha value is -2.94. The van der Waals surface area contributed by atoms with Crippen molar-refractivity contribution in [3.8, 4) is 0 Å². The average Bonchev–Trinajstić information content (AvgIpc) is 3.21. The number of aryl methyl sites for hydroxylation is 1. The molecule has 0 aromatic carbocycles. The van der Waals surface area contributed by atoms with Crippen LogP contribution in [0.4, 0.5) is 16.4 Å². The van der Waals surface area contributed by atoms with Gasteiger partial charge >= 0.3 is 6.09 Å². The summed E-state index contributed by atoms with van der Waals surface area (Å²) in [6.45, 7) is 11.6. The monoisotopic (exact) mass is 454 g/mol. The molecule has 1 amide bonds. The van der Waals surface area contributed by atoms with Crippen LogP contribution in [0.15, 0.2) is 24.7 Å². The number of fused-ring (bicyclic) bond motifs is 2. The summed E-state index contributed by atoms with van der Waals surface area (Å²) in [7, 11) is 0. The van der Waals surface area contributed by atoms with Crippen LogP contribution >= 0.6 is 0 Å². The van der Waals surface area contributed by atoms with Gasteiger partial charge in [-0.05, 0) is 71.9 Å². The molecule has 2 atom stereocenters. The summed E-state index contributed by atoms with van der Waals surface area (Å²) in [5.74, 6) is 0.487. The van der Waals surface area contributed by atoms with Crippen molar-refractivity contribution in [3.05, 3.63) is 35.9 Å². The van der Waals surface area contributed by atoms with Gasteiger partial charge in [0.05, 0.1) is 35.8 Å². The first-order chi connectivity index (χ1) is 15.4. The number of ether oxygens (including phenoxy) is 1. The van der Waals surface area contributed by atoms with Crippen molar-refractivity contribution in [1.29, 1.82) is 0 Å². The predicted molar refractivity (Wildman–Crippen MR) is 126 cm³/mol. The molecule has 0 saturated carbocycles. The third-order valence-electron chi connectivity index (χ3n) is 5.71. The SMILES string of the molecule is Cc1cnc(Nc2cnn(CC(C)(C)O)c2)nc1C1=CC2CCC(C1)N2C(=O)OC(C)(C)C. The normalized spacial score (nSPS) is 20.6. The number of aliphatic hydroxyl groups is 1. The molecule has 4 rings (SSSR count). The number of hydrogen-bond acceptors (Lipinski definition) is 7. The van der Waals surface area contributed by atoms with Crippen molar-refractivity contribution >= 4 is 23.3 Å². The molecule has 4 heterocycles. The van der Waals surface area contributed by atoms with Gasteiger partial charge in [-0.25, -0.2) is 14.8 Å². The van der Waals surface area contributed by atoms with Crippen LogP contribution in [0.1, 0.15) is 65.1 Å². The van der Waals surface area contributed by atoms with Gasteiger partial charge in [0.25, 0.3) is 0 Å². The number of nitrogens with one attached hydrogen (secondary N) is 1. The van der Waals surface area contributed by atoms with Gasteiger partial charge in [0.2, 0.25) is 5.95 Å². The molecule has 0 spiro atoms. The van der Waals surface area contributed by atoms with Crippen LogP contribution in [0, 0.1) is 6.92 Å². The molecule has 2 aliphatic heterocycles. The lowest BCUT2D eigenvalue weighted by molar-refractivity contribution is 0.0175. The minimum absolute atomic E-state index is 0.0273. The Morgan fingerprint density at radius 1 is 1.24 bits per heavy atom. The summed E-state index contributed by atoms with van der Waals surface area (Å²) < 4.78 is 7.32. The van der Waals surface area contributed by atoms with Gasteiger partial charge in [-0.15, -0.1) is 0 Å². The molecule has 2 aromatic heterocycles. The predicted octanol–water partition coefficient (Wildman–Crippen LogP) is 4.05. The third kappa shape index (κ3) is 5.52. The summed E-state index contributed by atoms with van der Waals surface area (Å²) in [6.07, 6.45) is 9.88. The Balaban J connectivity index is 1.52. The number of anilines is 2. The minimum atomic E-state index is -0.850. The van der Waals surface area contributed by atoms with E-state index >= 15 is 0 Å². The van der Waals surface area contributed by atoms with Crippen LogP contribution in [0.3, 0.4) is 0 Å². The quantitative estimate of drug-likeness (QED) is 0.702. The second-order valence-corrected chi connectivity index (χ2v) is 10.7. The lowest BCUT2D eigenvalue weighted by atomic mass is 9.96. The van der Waals surface area contributed by atoms with Crippen molar-refractivity contribution in [3.63, 3.8) is 0 Å². The van der Waals surface area contributed by atoms with Crippen molar-refractivity contribution in [1.82, 2.24) is 24.6 Å². The molecule has 9 heteroatoms. The maximum absolute atomic E-state index is 12.7. The molecule has 1 saturated heterocycles. The second kappa shape index (κ2) is 8.44. The zero-order valence-corrected chi connectivity index (χ0v) is 20.3. The molecule has 1 fully saturated rings. The van der Waals surface area contributed by atoms with E-state index in [1.807, 2.05) is 45.0 Å². The minimum Gasteiger partial charge on any atom is -0.444 e. The van der Waals surface area contributed by atoms with Crippen LogP contribution < -0.4 is 5.32 Å². The second-order valence-electron chi connectivity index (χ2n) is 10.7. The first kappa shape index (κ1) is 23.2. The van der Waals surface area contributed by atoms with Gasteiger partial charge in [0.1, 0.15) is 5.60 Å². The molecule has 0 aliphatic carbocycles. The number of aromatic nitrogens is 4. The first-order valence-electron chi connectivity index (χ1n) is 11.5. The Kier molecular flexibility index (Phi) is 5.94. The van der Waals surface area contributed by atoms with E-state index in [0.29, 0.717) is 12.5 Å². The highest BCUT2D eigenvalue weighted by Crippen LogP contribution is 2.39. The molecule has 0 radical (unpaired) electrons. The third-order valence-corrected chi connectivity index (χ3v) is 5.71. The molecule has 178 valence electrons. The maximum Gasteiger partial charge on any atom is 0.411 e. The van der Waals surface area contributed by atoms with Crippen LogP contribution in [0.2, 0.25) is 0 Å². The topological polar surface area (TPSA) is 105 Å². The zero-order chi connectivity index (χ0) is 24.0. The number of carbonyl (C=O) groups excluding carboxylic acids is 1. The lowest BCUT2D eigenvalue weighted by Crippen LogP contribution is -2.45. The standard InChI is InChI=1S/C24H34N6O3/c1-15-11-25-21(27-17-12-26-29(13-17)14-24(5,6)32)28-20(15)16-9-18-7-8-19(10-16)30(18)22(31)33-23(2,3)4/h9,11-13,18-19,32H,7-8,10,14H2,1-6H3,(H,25,27,28). The maximum atomic E-state index is 12.7. The number of hydrogen-bond donors (Lipinski definition) is 2. The molecule has 2 aliphatic rings. The van der Waals surface area contributed by atoms with E-state index in [-0.39, 0.29) is 18.2 Å². The van der Waals surface area contributed by atoms with Gasteiger partial charge in [-0.2, -0.15) is 5.10 Å². The van der Waals surface area contributed by atoms with Gasteiger partial charge < -0.3 is 15.2 Å². The number of carbonyl (C=O) groups is 1. The molecule has 2 aromatic rings. The largest absolute Gasteiger partial charge is 0.444 e. The number of nitrogens with zero attached hydrogens (tertiary/aromatic N) is 5. The molecule has 2 unspecified atom stereocenters. The number of rotatable bonds is 5. The van der Waals surface area contributed by atoms with Crippen molar-refractivity contribution in [2.75, 3.05) is 5.32 Å². The van der Waals surface area contributed by atoms with Gasteiger partial charge in [0, 0.05) is 18.4 Å². The molecule has 33 heavy (non-hydrogen) atoms. The van der Waals surface area contributed by atoms with Crippen LogP contribution in [0.5, 0.6) is 0 Å². The first-order valence-corrected chi connectivity index (χ1v) is 11.5. The fourth-order valence-corrected chi connectivity index (χ4v) is 4.47. The van der Waals surface area contributed by atoms with E-state index in [2.05, 4.69) is 21.5 Å². The Morgan fingerprint density at radius 3 is 2.67 bits per heavy atom. The fraction of sp³-hybridized carbons (Fsp3) is 0.583. The van der Waals surface area contributed by atoms with Gasteiger partial charge in [-0.3, -0.25) is 9.58 Å². The van der Waals surface area contributed by atoms with Crippen LogP contribution in [-0.4, -0.2) is 59.1 Å². The Bertz CT molecular complexity index is 1060. The average molecular weight is 455 g/mol. The van der Waals surface area contributed by atoms with E-state index in [9.17, 15) is 9.90 Å². The Morgan fingerprint density at radius 2 is 2.00 bits per heavy atom. The van der Waals surface area contributed by atoms with E-state index in [4.69, 9.17) is 9.72 Å². The number of amides is 1. The Labute approximate surface area is 194 Å². The van der Waals surface area contributed by atoms with E-state index in [1.54, 1.807) is 24.7 Å². The van der Waals surface area contributed by atoms with Gasteiger partial charge in [0.15, 0.2) is 0 Å². The summed E-state index contributed by atoms with van der Waals surface area (Å²) in [5, 5.41) is 17.5. The van der Waals surface area contributed by atoms with E-state index in [1.165, 1.54) is 0 Å². The van der Waals surface area contributed by atoms with Crippen molar-refractivity contribution in [2.45, 2.75) is 90.6 Å². The highest BCUT2D eigenvalue weighted by Gasteiger charge is 2.42. The molecule has 2 N–H and O–H groups in total. The summed E-state index contributed by atoms with van der Waals surface area (Å²) in [5.41, 5.74) is 2.43. The van der Waals surface area contributed by atoms with Crippen molar-refractivity contribution in [2.24, 2.45) is 0 Å². The highest BCUT2D eigenvalue weighted by atomic mass is 16.6. The van der Waals surface area contributed by atoms with E-state index < -0.39 is 11.2 Å². The highest BCUT2D eigenvalue weighted by molar-refractivity contribution is 5.75. The summed E-state index contributed by atoms with van der Waals surface area (Å²) >= 11 is 0. The van der Waals surface area contributed by atoms with E-state index in [0.717, 1.165) is 41.8 Å². The molecule has 9 nitrogen and oxygen atoms in total. The summed E-state index contributed by atoms with van der Waals surface area (Å²) in [6, 6.07) is 0.148. The fourth-order valence-electron chi connectivity index (χ4n) is 4.47. The molecular weight excluding hydrogens is 420 g/mol. The van der Waals surface area contributed by atoms with Crippen LogP contribution in [-0.2, 0) is 11.3 Å². The molecule has 2 bridgehead atoms. The van der Waals surface area contributed by atoms with Crippen molar-refractivity contribution < 1.29 is 14.6 Å². The molecular formula is C24H34N6O3.